The lowest BCUT2D eigenvalue weighted by Crippen LogP contribution is -2.31. The van der Waals surface area contributed by atoms with E-state index >= 15 is 0 Å². The first-order valence-corrected chi connectivity index (χ1v) is 6.37. The number of ether oxygens (including phenoxy) is 1. The lowest BCUT2D eigenvalue weighted by Gasteiger charge is -2.26. The molecule has 0 atom stereocenters. The average Bonchev–Trinajstić information content (AvgIpc) is 2.48. The highest BCUT2D eigenvalue weighted by Crippen LogP contribution is 2.18. The molecule has 2 rings (SSSR count). The molecule has 1 aliphatic rings. The minimum atomic E-state index is 0.249. The van der Waals surface area contributed by atoms with Gasteiger partial charge in [0.25, 0.3) is 0 Å². The van der Waals surface area contributed by atoms with Gasteiger partial charge in [0.15, 0.2) is 0 Å². The number of hydrogen-bond acceptors (Lipinski definition) is 7. The summed E-state index contributed by atoms with van der Waals surface area (Å²) < 4.78 is 5.39. The summed E-state index contributed by atoms with van der Waals surface area (Å²) in [5, 5.41) is 0. The molecule has 1 saturated heterocycles. The molecule has 3 N–H and O–H groups in total. The van der Waals surface area contributed by atoms with Crippen LogP contribution in [0.2, 0.25) is 0 Å². The summed E-state index contributed by atoms with van der Waals surface area (Å²) in [4.78, 5) is 14.7. The predicted octanol–water partition coefficient (Wildman–Crippen LogP) is 0.550. The molecule has 0 radical (unpaired) electrons. The summed E-state index contributed by atoms with van der Waals surface area (Å²) in [5.41, 5.74) is 2.43. The normalized spacial score (nSPS) is 14.8. The van der Waals surface area contributed by atoms with Gasteiger partial charge < -0.3 is 9.64 Å². The number of rotatable bonds is 5. The quantitative estimate of drug-likeness (QED) is 0.346. The van der Waals surface area contributed by atoms with E-state index in [4.69, 9.17) is 17.0 Å². The molecule has 102 valence electrons. The number of nitrogens with two attached hydrogens (primary N) is 1. The Bertz CT molecular complexity index is 452. The molecule has 7 nitrogen and oxygen atoms in total. The van der Waals surface area contributed by atoms with E-state index in [9.17, 15) is 0 Å². The fraction of sp³-hybridized carbons (Fsp3) is 0.583. The van der Waals surface area contributed by atoms with Crippen molar-refractivity contribution in [2.75, 3.05) is 30.0 Å². The van der Waals surface area contributed by atoms with Gasteiger partial charge in [-0.3, -0.25) is 5.43 Å². The molecule has 7 heteroatoms. The van der Waals surface area contributed by atoms with E-state index in [2.05, 4.69) is 31.2 Å². The Morgan fingerprint density at radius 2 is 2.05 bits per heavy atom. The van der Waals surface area contributed by atoms with Gasteiger partial charge in [0, 0.05) is 19.5 Å². The second kappa shape index (κ2) is 6.75. The molecule has 1 fully saturated rings. The SMILES string of the molecule is C#CCCOc1nc(NN)nc(N2CCCCC2)n1. The zero-order valence-corrected chi connectivity index (χ0v) is 10.8. The second-order valence-corrected chi connectivity index (χ2v) is 4.24. The maximum Gasteiger partial charge on any atom is 0.323 e. The molecule has 2 heterocycles. The van der Waals surface area contributed by atoms with Crippen molar-refractivity contribution in [3.05, 3.63) is 0 Å². The molecular weight excluding hydrogens is 244 g/mol. The molecule has 0 saturated carbocycles. The second-order valence-electron chi connectivity index (χ2n) is 4.24. The maximum absolute atomic E-state index is 5.39. The minimum absolute atomic E-state index is 0.249. The van der Waals surface area contributed by atoms with Crippen LogP contribution >= 0.6 is 0 Å². The maximum atomic E-state index is 5.39. The number of terminal acetylenes is 1. The number of nitrogen functional groups attached to an aromatic ring is 1. The van der Waals surface area contributed by atoms with E-state index in [0.29, 0.717) is 24.9 Å². The van der Waals surface area contributed by atoms with E-state index in [-0.39, 0.29) is 6.01 Å². The van der Waals surface area contributed by atoms with Crippen molar-refractivity contribution in [3.8, 4) is 18.4 Å². The molecule has 0 amide bonds. The highest BCUT2D eigenvalue weighted by Gasteiger charge is 2.16. The van der Waals surface area contributed by atoms with Gasteiger partial charge >= 0.3 is 6.01 Å². The third kappa shape index (κ3) is 3.69. The summed E-state index contributed by atoms with van der Waals surface area (Å²) in [6.07, 6.45) is 9.21. The first-order chi connectivity index (χ1) is 9.33. The van der Waals surface area contributed by atoms with Crippen LogP contribution in [0.5, 0.6) is 6.01 Å². The average molecular weight is 262 g/mol. The molecule has 0 bridgehead atoms. The summed E-state index contributed by atoms with van der Waals surface area (Å²) >= 11 is 0. The monoisotopic (exact) mass is 262 g/mol. The van der Waals surface area contributed by atoms with Crippen LogP contribution in [0.15, 0.2) is 0 Å². The minimum Gasteiger partial charge on any atom is -0.462 e. The summed E-state index contributed by atoms with van der Waals surface area (Å²) in [6, 6.07) is 0.249. The third-order valence-corrected chi connectivity index (χ3v) is 2.85. The Morgan fingerprint density at radius 3 is 2.74 bits per heavy atom. The van der Waals surface area contributed by atoms with Gasteiger partial charge in [-0.05, 0) is 19.3 Å². The van der Waals surface area contributed by atoms with E-state index in [0.717, 1.165) is 25.9 Å². The first-order valence-electron chi connectivity index (χ1n) is 6.37. The fourth-order valence-electron chi connectivity index (χ4n) is 1.91. The Labute approximate surface area is 112 Å². The molecule has 19 heavy (non-hydrogen) atoms. The number of aromatic nitrogens is 3. The van der Waals surface area contributed by atoms with Gasteiger partial charge in [0.05, 0.1) is 0 Å². The number of anilines is 2. The van der Waals surface area contributed by atoms with Gasteiger partial charge in [0.2, 0.25) is 11.9 Å². The summed E-state index contributed by atoms with van der Waals surface area (Å²) in [5.74, 6) is 8.75. The molecular formula is C12H18N6O. The van der Waals surface area contributed by atoms with Crippen molar-refractivity contribution >= 4 is 11.9 Å². The van der Waals surface area contributed by atoms with Crippen molar-refractivity contribution in [1.29, 1.82) is 0 Å². The lowest BCUT2D eigenvalue weighted by molar-refractivity contribution is 0.300. The third-order valence-electron chi connectivity index (χ3n) is 2.85. The van der Waals surface area contributed by atoms with Gasteiger partial charge in [-0.15, -0.1) is 12.3 Å². The molecule has 1 aliphatic heterocycles. The Morgan fingerprint density at radius 1 is 1.26 bits per heavy atom. The van der Waals surface area contributed by atoms with Crippen molar-refractivity contribution < 1.29 is 4.74 Å². The van der Waals surface area contributed by atoms with Crippen LogP contribution in [0.3, 0.4) is 0 Å². The van der Waals surface area contributed by atoms with Crippen LogP contribution in [0, 0.1) is 12.3 Å². The van der Waals surface area contributed by atoms with Crippen LogP contribution in [0.25, 0.3) is 0 Å². The Balaban J connectivity index is 2.12. The van der Waals surface area contributed by atoms with Crippen LogP contribution in [0.1, 0.15) is 25.7 Å². The van der Waals surface area contributed by atoms with E-state index < -0.39 is 0 Å². The standard InChI is InChI=1S/C12H18N6O/c1-2-3-9-19-12-15-10(17-13)14-11(16-12)18-7-5-4-6-8-18/h1H,3-9,13H2,(H,14,15,16,17). The lowest BCUT2D eigenvalue weighted by atomic mass is 10.1. The summed E-state index contributed by atoms with van der Waals surface area (Å²) in [6.45, 7) is 2.26. The van der Waals surface area contributed by atoms with Gasteiger partial charge in [-0.1, -0.05) is 0 Å². The first kappa shape index (κ1) is 13.4. The van der Waals surface area contributed by atoms with Gasteiger partial charge in [-0.2, -0.15) is 15.0 Å². The zero-order valence-electron chi connectivity index (χ0n) is 10.8. The van der Waals surface area contributed by atoms with Crippen LogP contribution < -0.4 is 20.9 Å². The van der Waals surface area contributed by atoms with E-state index in [1.54, 1.807) is 0 Å². The van der Waals surface area contributed by atoms with E-state index in [1.165, 1.54) is 6.42 Å². The summed E-state index contributed by atoms with van der Waals surface area (Å²) in [7, 11) is 0. The molecule has 0 aromatic carbocycles. The zero-order chi connectivity index (χ0) is 13.5. The van der Waals surface area contributed by atoms with Crippen LogP contribution in [-0.2, 0) is 0 Å². The molecule has 0 unspecified atom stereocenters. The number of nitrogens with one attached hydrogen (secondary N) is 1. The smallest absolute Gasteiger partial charge is 0.323 e. The van der Waals surface area contributed by atoms with Crippen molar-refractivity contribution in [2.24, 2.45) is 5.84 Å². The number of piperidine rings is 1. The fourth-order valence-corrected chi connectivity index (χ4v) is 1.91. The van der Waals surface area contributed by atoms with Gasteiger partial charge in [0.1, 0.15) is 6.61 Å². The van der Waals surface area contributed by atoms with Crippen LogP contribution in [-0.4, -0.2) is 34.6 Å². The number of nitrogens with zero attached hydrogens (tertiary/aromatic N) is 4. The molecule has 0 aliphatic carbocycles. The van der Waals surface area contributed by atoms with E-state index in [1.807, 2.05) is 0 Å². The highest BCUT2D eigenvalue weighted by atomic mass is 16.5. The van der Waals surface area contributed by atoms with Crippen molar-refractivity contribution in [1.82, 2.24) is 15.0 Å². The van der Waals surface area contributed by atoms with Crippen molar-refractivity contribution in [2.45, 2.75) is 25.7 Å². The Kier molecular flexibility index (Phi) is 4.75. The Hall–Kier alpha value is -2.07. The molecule has 1 aromatic heterocycles. The molecule has 0 spiro atoms. The topological polar surface area (TPSA) is 89.2 Å². The largest absolute Gasteiger partial charge is 0.462 e. The highest BCUT2D eigenvalue weighted by molar-refractivity contribution is 5.37. The van der Waals surface area contributed by atoms with Gasteiger partial charge in [-0.25, -0.2) is 5.84 Å². The number of hydrazine groups is 1. The molecule has 1 aromatic rings. The predicted molar refractivity (Wildman–Crippen MR) is 72.6 cm³/mol. The number of hydrogen-bond donors (Lipinski definition) is 2. The van der Waals surface area contributed by atoms with Crippen LogP contribution in [0.4, 0.5) is 11.9 Å². The van der Waals surface area contributed by atoms with Crippen molar-refractivity contribution in [3.63, 3.8) is 0 Å².